The fraction of sp³-hybridized carbons (Fsp3) is 0.167. The van der Waals surface area contributed by atoms with Gasteiger partial charge in [0.15, 0.2) is 12.0 Å². The van der Waals surface area contributed by atoms with Gasteiger partial charge in [-0.3, -0.25) is 4.79 Å². The normalized spacial score (nSPS) is 10.5. The molecule has 2 aromatic carbocycles. The monoisotopic (exact) mass is 291 g/mol. The number of aldehydes is 1. The van der Waals surface area contributed by atoms with Gasteiger partial charge in [0.05, 0.1) is 5.69 Å². The van der Waals surface area contributed by atoms with E-state index in [4.69, 9.17) is 0 Å². The maximum atomic E-state index is 11.2. The van der Waals surface area contributed by atoms with Gasteiger partial charge in [-0.05, 0) is 18.4 Å². The summed E-state index contributed by atoms with van der Waals surface area (Å²) >= 11 is 0. The van der Waals surface area contributed by atoms with Gasteiger partial charge in [-0.25, -0.2) is 4.68 Å². The van der Waals surface area contributed by atoms with Crippen LogP contribution in [0, 0.1) is 0 Å². The lowest BCUT2D eigenvalue weighted by atomic mass is 10.1. The second-order valence-corrected chi connectivity index (χ2v) is 5.12. The van der Waals surface area contributed by atoms with Crippen LogP contribution in [0.25, 0.3) is 11.3 Å². The highest BCUT2D eigenvalue weighted by atomic mass is 16.1. The number of hydrogen-bond acceptors (Lipinski definition) is 3. The number of hydrogen-bond donors (Lipinski definition) is 0. The molecular formula is C18H17N3O. The van der Waals surface area contributed by atoms with Crippen molar-refractivity contribution in [2.45, 2.75) is 19.4 Å². The third-order valence-electron chi connectivity index (χ3n) is 3.60. The van der Waals surface area contributed by atoms with Gasteiger partial charge in [-0.15, -0.1) is 5.10 Å². The van der Waals surface area contributed by atoms with E-state index in [9.17, 15) is 4.79 Å². The largest absolute Gasteiger partial charge is 0.296 e. The molecule has 1 aromatic heterocycles. The van der Waals surface area contributed by atoms with E-state index in [1.165, 1.54) is 5.56 Å². The molecule has 1 heterocycles. The summed E-state index contributed by atoms with van der Waals surface area (Å²) in [6.07, 6.45) is 2.69. The molecule has 0 N–H and O–H groups in total. The van der Waals surface area contributed by atoms with E-state index in [0.717, 1.165) is 36.9 Å². The predicted molar refractivity (Wildman–Crippen MR) is 85.6 cm³/mol. The fourth-order valence-electron chi connectivity index (χ4n) is 2.53. The average molecular weight is 291 g/mol. The first-order chi connectivity index (χ1) is 10.9. The Morgan fingerprint density at radius 3 is 2.32 bits per heavy atom. The lowest BCUT2D eigenvalue weighted by Crippen LogP contribution is -2.04. The summed E-state index contributed by atoms with van der Waals surface area (Å²) in [4.78, 5) is 11.2. The highest BCUT2D eigenvalue weighted by Crippen LogP contribution is 2.21. The number of carbonyl (C=O) groups is 1. The minimum Gasteiger partial charge on any atom is -0.296 e. The molecule has 110 valence electrons. The molecule has 0 aliphatic heterocycles. The standard InChI is InChI=1S/C18H17N3O/c22-14-17-18(16-11-5-2-6-12-16)21(20-19-17)13-7-10-15-8-3-1-4-9-15/h1-6,8-9,11-12,14H,7,10,13H2. The van der Waals surface area contributed by atoms with Gasteiger partial charge >= 0.3 is 0 Å². The number of aryl methyl sites for hydroxylation is 2. The van der Waals surface area contributed by atoms with E-state index in [0.29, 0.717) is 5.69 Å². The van der Waals surface area contributed by atoms with Crippen molar-refractivity contribution in [3.05, 3.63) is 71.9 Å². The second kappa shape index (κ2) is 6.80. The van der Waals surface area contributed by atoms with Gasteiger partial charge < -0.3 is 0 Å². The lowest BCUT2D eigenvalue weighted by Gasteiger charge is -2.07. The average Bonchev–Trinajstić information content (AvgIpc) is 2.99. The van der Waals surface area contributed by atoms with Crippen molar-refractivity contribution >= 4 is 6.29 Å². The zero-order chi connectivity index (χ0) is 15.2. The number of carbonyl (C=O) groups excluding carboxylic acids is 1. The number of aromatic nitrogens is 3. The molecule has 0 atom stereocenters. The Kier molecular flexibility index (Phi) is 4.39. The van der Waals surface area contributed by atoms with Crippen LogP contribution < -0.4 is 0 Å². The Hall–Kier alpha value is -2.75. The summed E-state index contributed by atoms with van der Waals surface area (Å²) in [5.74, 6) is 0. The minimum atomic E-state index is 0.394. The molecule has 0 saturated carbocycles. The molecule has 0 aliphatic carbocycles. The predicted octanol–water partition coefficient (Wildman–Crippen LogP) is 3.39. The van der Waals surface area contributed by atoms with E-state index in [1.807, 2.05) is 53.2 Å². The van der Waals surface area contributed by atoms with Crippen LogP contribution in [-0.2, 0) is 13.0 Å². The third kappa shape index (κ3) is 3.11. The molecule has 3 aromatic rings. The van der Waals surface area contributed by atoms with Gasteiger partial charge in [0.1, 0.15) is 0 Å². The lowest BCUT2D eigenvalue weighted by molar-refractivity contribution is 0.111. The van der Waals surface area contributed by atoms with Crippen LogP contribution in [0.1, 0.15) is 22.5 Å². The summed E-state index contributed by atoms with van der Waals surface area (Å²) in [6, 6.07) is 20.1. The number of benzene rings is 2. The number of rotatable bonds is 6. The van der Waals surface area contributed by atoms with Gasteiger partial charge in [-0.1, -0.05) is 65.9 Å². The van der Waals surface area contributed by atoms with Crippen LogP contribution in [0.4, 0.5) is 0 Å². The van der Waals surface area contributed by atoms with E-state index < -0.39 is 0 Å². The van der Waals surface area contributed by atoms with Crippen molar-refractivity contribution in [1.82, 2.24) is 15.0 Å². The summed E-state index contributed by atoms with van der Waals surface area (Å²) in [6.45, 7) is 0.736. The zero-order valence-electron chi connectivity index (χ0n) is 12.2. The van der Waals surface area contributed by atoms with Gasteiger partial charge in [0.25, 0.3) is 0 Å². The van der Waals surface area contributed by atoms with Crippen molar-refractivity contribution in [2.24, 2.45) is 0 Å². The van der Waals surface area contributed by atoms with E-state index in [-0.39, 0.29) is 0 Å². The van der Waals surface area contributed by atoms with Crippen molar-refractivity contribution in [3.8, 4) is 11.3 Å². The van der Waals surface area contributed by atoms with Gasteiger partial charge in [-0.2, -0.15) is 0 Å². The minimum absolute atomic E-state index is 0.394. The molecule has 0 amide bonds. The molecular weight excluding hydrogens is 274 g/mol. The highest BCUT2D eigenvalue weighted by Gasteiger charge is 2.13. The van der Waals surface area contributed by atoms with Gasteiger partial charge in [0.2, 0.25) is 0 Å². The zero-order valence-corrected chi connectivity index (χ0v) is 12.2. The Morgan fingerprint density at radius 1 is 0.955 bits per heavy atom. The summed E-state index contributed by atoms with van der Waals surface area (Å²) in [5.41, 5.74) is 3.46. The topological polar surface area (TPSA) is 47.8 Å². The molecule has 4 nitrogen and oxygen atoms in total. The van der Waals surface area contributed by atoms with Crippen LogP contribution >= 0.6 is 0 Å². The smallest absolute Gasteiger partial charge is 0.172 e. The molecule has 0 radical (unpaired) electrons. The first kappa shape index (κ1) is 14.2. The van der Waals surface area contributed by atoms with Gasteiger partial charge in [0, 0.05) is 12.1 Å². The maximum absolute atomic E-state index is 11.2. The van der Waals surface area contributed by atoms with Crippen LogP contribution in [0.2, 0.25) is 0 Å². The molecule has 4 heteroatoms. The Balaban J connectivity index is 1.77. The van der Waals surface area contributed by atoms with Crippen LogP contribution in [0.15, 0.2) is 60.7 Å². The number of nitrogens with zero attached hydrogens (tertiary/aromatic N) is 3. The van der Waals surface area contributed by atoms with Crippen LogP contribution in [0.3, 0.4) is 0 Å². The first-order valence-electron chi connectivity index (χ1n) is 7.36. The molecule has 0 spiro atoms. The molecule has 0 fully saturated rings. The Morgan fingerprint density at radius 2 is 1.64 bits per heavy atom. The van der Waals surface area contributed by atoms with Crippen molar-refractivity contribution in [2.75, 3.05) is 0 Å². The SMILES string of the molecule is O=Cc1nnn(CCCc2ccccc2)c1-c1ccccc1. The molecule has 0 bridgehead atoms. The molecule has 22 heavy (non-hydrogen) atoms. The summed E-state index contributed by atoms with van der Waals surface area (Å²) in [7, 11) is 0. The van der Waals surface area contributed by atoms with E-state index in [1.54, 1.807) is 0 Å². The van der Waals surface area contributed by atoms with Crippen LogP contribution in [0.5, 0.6) is 0 Å². The highest BCUT2D eigenvalue weighted by molar-refractivity contribution is 5.83. The molecule has 0 unspecified atom stereocenters. The Bertz CT molecular complexity index is 736. The van der Waals surface area contributed by atoms with Crippen molar-refractivity contribution < 1.29 is 4.79 Å². The first-order valence-corrected chi connectivity index (χ1v) is 7.36. The van der Waals surface area contributed by atoms with E-state index in [2.05, 4.69) is 22.4 Å². The quantitative estimate of drug-likeness (QED) is 0.654. The van der Waals surface area contributed by atoms with Crippen molar-refractivity contribution in [1.29, 1.82) is 0 Å². The molecule has 3 rings (SSSR count). The fourth-order valence-corrected chi connectivity index (χ4v) is 2.53. The molecule has 0 saturated heterocycles. The summed E-state index contributed by atoms with van der Waals surface area (Å²) in [5, 5.41) is 8.11. The third-order valence-corrected chi connectivity index (χ3v) is 3.60. The Labute approximate surface area is 129 Å². The molecule has 0 aliphatic rings. The van der Waals surface area contributed by atoms with Crippen molar-refractivity contribution in [3.63, 3.8) is 0 Å². The summed E-state index contributed by atoms with van der Waals surface area (Å²) < 4.78 is 1.82. The van der Waals surface area contributed by atoms with Crippen LogP contribution in [-0.4, -0.2) is 21.3 Å². The second-order valence-electron chi connectivity index (χ2n) is 5.12. The maximum Gasteiger partial charge on any atom is 0.172 e. The van der Waals surface area contributed by atoms with E-state index >= 15 is 0 Å².